The predicted molar refractivity (Wildman–Crippen MR) is 134 cm³/mol. The third-order valence-corrected chi connectivity index (χ3v) is 6.22. The Labute approximate surface area is 219 Å². The molecule has 0 saturated heterocycles. The summed E-state index contributed by atoms with van der Waals surface area (Å²) in [5, 5.41) is 0. The van der Waals surface area contributed by atoms with E-state index in [1.54, 1.807) is 50.3 Å². The van der Waals surface area contributed by atoms with E-state index in [4.69, 9.17) is 14.2 Å². The average Bonchev–Trinajstić information content (AvgIpc) is 3.24. The molecule has 0 fully saturated rings. The highest BCUT2D eigenvalue weighted by molar-refractivity contribution is 6.08. The number of benzene rings is 2. The van der Waals surface area contributed by atoms with Crippen molar-refractivity contribution in [2.75, 3.05) is 12.0 Å². The number of amides is 1. The number of methoxy groups -OCH3 is 1. The van der Waals surface area contributed by atoms with E-state index < -0.39 is 30.1 Å². The highest BCUT2D eigenvalue weighted by atomic mass is 19.4. The van der Waals surface area contributed by atoms with Gasteiger partial charge in [-0.15, -0.1) is 0 Å². The van der Waals surface area contributed by atoms with Crippen molar-refractivity contribution in [3.8, 4) is 11.5 Å². The van der Waals surface area contributed by atoms with E-state index in [1.165, 1.54) is 21.0 Å². The number of carbonyl (C=O) groups excluding carboxylic acids is 3. The number of fused-ring (bicyclic) bond motifs is 1. The van der Waals surface area contributed by atoms with Gasteiger partial charge in [0.1, 0.15) is 18.1 Å². The van der Waals surface area contributed by atoms with E-state index in [9.17, 15) is 27.6 Å². The van der Waals surface area contributed by atoms with Gasteiger partial charge in [0.05, 0.1) is 18.4 Å². The standard InChI is InChI=1S/C28H30F3NO6/c1-16(2)32(27(35)28(29,30)31)24-20(25(36-5)18(4)21-15-37-26(34)23(21)24)13-11-17(3)12-14-22(33)38-19-9-7-6-8-10-19/h6-11,16H,12-15H2,1-5H3. The van der Waals surface area contributed by atoms with Crippen LogP contribution in [0.4, 0.5) is 18.9 Å². The number of para-hydroxylation sites is 1. The number of hydrogen-bond acceptors (Lipinski definition) is 6. The van der Waals surface area contributed by atoms with Crippen LogP contribution in [0.5, 0.6) is 11.5 Å². The maximum absolute atomic E-state index is 13.6. The summed E-state index contributed by atoms with van der Waals surface area (Å²) in [6.45, 7) is 6.21. The highest BCUT2D eigenvalue weighted by Gasteiger charge is 2.47. The number of hydrogen-bond donors (Lipinski definition) is 0. The fourth-order valence-corrected chi connectivity index (χ4v) is 4.37. The Morgan fingerprint density at radius 3 is 2.39 bits per heavy atom. The normalized spacial score (nSPS) is 13.3. The highest BCUT2D eigenvalue weighted by Crippen LogP contribution is 2.44. The summed E-state index contributed by atoms with van der Waals surface area (Å²) in [5.74, 6) is -2.62. The first kappa shape index (κ1) is 28.7. The number of ether oxygens (including phenoxy) is 3. The van der Waals surface area contributed by atoms with Crippen LogP contribution < -0.4 is 14.4 Å². The molecular weight excluding hydrogens is 503 g/mol. The Morgan fingerprint density at radius 2 is 1.82 bits per heavy atom. The van der Waals surface area contributed by atoms with E-state index >= 15 is 0 Å². The second-order valence-corrected chi connectivity index (χ2v) is 9.22. The van der Waals surface area contributed by atoms with Gasteiger partial charge in [0.25, 0.3) is 0 Å². The first-order valence-corrected chi connectivity index (χ1v) is 12.1. The van der Waals surface area contributed by atoms with Gasteiger partial charge in [-0.05, 0) is 58.2 Å². The van der Waals surface area contributed by atoms with Gasteiger partial charge in [-0.25, -0.2) is 4.79 Å². The Kier molecular flexibility index (Phi) is 8.85. The summed E-state index contributed by atoms with van der Waals surface area (Å²) in [7, 11) is 1.38. The summed E-state index contributed by atoms with van der Waals surface area (Å²) in [5.41, 5.74) is 1.71. The van der Waals surface area contributed by atoms with Gasteiger partial charge in [0, 0.05) is 23.6 Å². The van der Waals surface area contributed by atoms with Crippen molar-refractivity contribution >= 4 is 23.5 Å². The van der Waals surface area contributed by atoms with Gasteiger partial charge < -0.3 is 19.1 Å². The summed E-state index contributed by atoms with van der Waals surface area (Å²) in [6.07, 6.45) is -2.96. The van der Waals surface area contributed by atoms with Crippen molar-refractivity contribution in [2.45, 2.75) is 65.8 Å². The first-order chi connectivity index (χ1) is 17.9. The molecule has 1 aliphatic rings. The molecule has 0 aromatic heterocycles. The summed E-state index contributed by atoms with van der Waals surface area (Å²) in [6, 6.07) is 7.70. The smallest absolute Gasteiger partial charge is 0.471 e. The topological polar surface area (TPSA) is 82.1 Å². The third kappa shape index (κ3) is 6.17. The number of alkyl halides is 3. The van der Waals surface area contributed by atoms with Crippen molar-refractivity contribution in [3.05, 3.63) is 64.2 Å². The summed E-state index contributed by atoms with van der Waals surface area (Å²) < 4.78 is 56.9. The zero-order valence-electron chi connectivity index (χ0n) is 21.9. The van der Waals surface area contributed by atoms with Crippen LogP contribution in [0.3, 0.4) is 0 Å². The molecule has 2 aromatic rings. The molecule has 0 bridgehead atoms. The second kappa shape index (κ2) is 11.7. The monoisotopic (exact) mass is 533 g/mol. The number of halogens is 3. The van der Waals surface area contributed by atoms with Crippen LogP contribution in [0.1, 0.15) is 60.7 Å². The molecule has 0 radical (unpaired) electrons. The van der Waals surface area contributed by atoms with Crippen molar-refractivity contribution in [2.24, 2.45) is 0 Å². The van der Waals surface area contributed by atoms with E-state index in [-0.39, 0.29) is 42.0 Å². The van der Waals surface area contributed by atoms with Crippen LogP contribution in [0, 0.1) is 6.92 Å². The molecule has 0 atom stereocenters. The number of rotatable bonds is 9. The number of esters is 2. The molecule has 0 spiro atoms. The molecule has 204 valence electrons. The quantitative estimate of drug-likeness (QED) is 0.228. The van der Waals surface area contributed by atoms with Crippen LogP contribution in [0.2, 0.25) is 0 Å². The van der Waals surface area contributed by atoms with Gasteiger partial charge in [0.2, 0.25) is 0 Å². The molecule has 1 amide bonds. The summed E-state index contributed by atoms with van der Waals surface area (Å²) in [4.78, 5) is 38.1. The minimum Gasteiger partial charge on any atom is -0.496 e. The van der Waals surface area contributed by atoms with Gasteiger partial charge in [-0.1, -0.05) is 29.8 Å². The molecule has 10 heteroatoms. The number of cyclic esters (lactones) is 1. The molecule has 0 aliphatic carbocycles. The van der Waals surface area contributed by atoms with Crippen LogP contribution in [-0.2, 0) is 27.4 Å². The Balaban J connectivity index is 1.99. The zero-order chi connectivity index (χ0) is 28.2. The second-order valence-electron chi connectivity index (χ2n) is 9.22. The van der Waals surface area contributed by atoms with Crippen LogP contribution in [0.25, 0.3) is 0 Å². The molecular formula is C28H30F3NO6. The van der Waals surface area contributed by atoms with Gasteiger partial charge in [0.15, 0.2) is 0 Å². The zero-order valence-corrected chi connectivity index (χ0v) is 21.9. The molecule has 1 aliphatic heterocycles. The van der Waals surface area contributed by atoms with E-state index in [2.05, 4.69) is 0 Å². The van der Waals surface area contributed by atoms with E-state index in [0.29, 0.717) is 28.2 Å². The fourth-order valence-electron chi connectivity index (χ4n) is 4.37. The third-order valence-electron chi connectivity index (χ3n) is 6.22. The van der Waals surface area contributed by atoms with E-state index in [0.717, 1.165) is 5.57 Å². The Bertz CT molecular complexity index is 1250. The lowest BCUT2D eigenvalue weighted by atomic mass is 9.92. The van der Waals surface area contributed by atoms with Crippen molar-refractivity contribution in [3.63, 3.8) is 0 Å². The fraction of sp³-hybridized carbons (Fsp3) is 0.393. The van der Waals surface area contributed by atoms with Gasteiger partial charge in [-0.3, -0.25) is 9.59 Å². The number of anilines is 1. The Morgan fingerprint density at radius 1 is 1.16 bits per heavy atom. The molecule has 0 unspecified atom stereocenters. The lowest BCUT2D eigenvalue weighted by molar-refractivity contribution is -0.170. The maximum Gasteiger partial charge on any atom is 0.471 e. The predicted octanol–water partition coefficient (Wildman–Crippen LogP) is 5.85. The van der Waals surface area contributed by atoms with Gasteiger partial charge >= 0.3 is 24.0 Å². The minimum absolute atomic E-state index is 0.0494. The van der Waals surface area contributed by atoms with Crippen molar-refractivity contribution < 1.29 is 41.8 Å². The molecule has 3 rings (SSSR count). The average molecular weight is 534 g/mol. The first-order valence-electron chi connectivity index (χ1n) is 12.1. The molecule has 0 N–H and O–H groups in total. The van der Waals surface area contributed by atoms with Crippen LogP contribution >= 0.6 is 0 Å². The molecule has 0 saturated carbocycles. The van der Waals surface area contributed by atoms with E-state index in [1.807, 2.05) is 0 Å². The number of nitrogens with zero attached hydrogens (tertiary/aromatic N) is 1. The van der Waals surface area contributed by atoms with Gasteiger partial charge in [-0.2, -0.15) is 13.2 Å². The van der Waals surface area contributed by atoms with Crippen LogP contribution in [0.15, 0.2) is 42.0 Å². The molecule has 2 aromatic carbocycles. The Hall–Kier alpha value is -3.82. The minimum atomic E-state index is -5.17. The summed E-state index contributed by atoms with van der Waals surface area (Å²) >= 11 is 0. The molecule has 7 nitrogen and oxygen atoms in total. The maximum atomic E-state index is 13.6. The lowest BCUT2D eigenvalue weighted by Gasteiger charge is -2.32. The van der Waals surface area contributed by atoms with Crippen LogP contribution in [-0.4, -0.2) is 37.2 Å². The van der Waals surface area contributed by atoms with Crippen molar-refractivity contribution in [1.82, 2.24) is 0 Å². The largest absolute Gasteiger partial charge is 0.496 e. The number of allylic oxidation sites excluding steroid dienone is 2. The van der Waals surface area contributed by atoms with Crippen molar-refractivity contribution in [1.29, 1.82) is 0 Å². The SMILES string of the molecule is COc1c(C)c2c(c(N(C(=O)C(F)(F)F)C(C)C)c1CC=C(C)CCC(=O)Oc1ccccc1)C(=O)OC2. The lowest BCUT2D eigenvalue weighted by Crippen LogP contribution is -2.46. The molecule has 38 heavy (non-hydrogen) atoms. The molecule has 1 heterocycles. The number of carbonyl (C=O) groups is 3.